The van der Waals surface area contributed by atoms with Crippen LogP contribution in [-0.4, -0.2) is 51.1 Å². The number of pyridine rings is 1. The van der Waals surface area contributed by atoms with Crippen LogP contribution in [0.2, 0.25) is 0 Å². The zero-order valence-corrected chi connectivity index (χ0v) is 18.4. The van der Waals surface area contributed by atoms with Crippen molar-refractivity contribution >= 4 is 22.8 Å². The van der Waals surface area contributed by atoms with Crippen molar-refractivity contribution in [1.82, 2.24) is 14.5 Å². The van der Waals surface area contributed by atoms with Crippen molar-refractivity contribution in [1.29, 1.82) is 0 Å². The summed E-state index contributed by atoms with van der Waals surface area (Å²) in [4.78, 5) is 30.7. The number of ether oxygens (including phenoxy) is 1. The topological polar surface area (TPSA) is 84.7 Å². The molecule has 0 bridgehead atoms. The average Bonchev–Trinajstić information content (AvgIpc) is 3.41. The molecule has 1 aromatic carbocycles. The number of hydrogen-bond acceptors (Lipinski definition) is 4. The maximum absolute atomic E-state index is 13.4. The van der Waals surface area contributed by atoms with Crippen molar-refractivity contribution in [3.63, 3.8) is 0 Å². The summed E-state index contributed by atoms with van der Waals surface area (Å²) in [6, 6.07) is 12.0. The normalized spacial score (nSPS) is 16.0. The molecule has 1 fully saturated rings. The molecule has 32 heavy (non-hydrogen) atoms. The average molecular weight is 436 g/mol. The third-order valence-corrected chi connectivity index (χ3v) is 6.22. The molecule has 1 atom stereocenters. The van der Waals surface area contributed by atoms with Gasteiger partial charge in [0.15, 0.2) is 0 Å². The number of carboxylic acid groups (broad SMARTS) is 1. The van der Waals surface area contributed by atoms with Crippen molar-refractivity contribution < 1.29 is 19.4 Å². The summed E-state index contributed by atoms with van der Waals surface area (Å²) in [7, 11) is 1.98. The quantitative estimate of drug-likeness (QED) is 0.519. The van der Waals surface area contributed by atoms with Crippen molar-refractivity contribution in [2.45, 2.75) is 32.3 Å². The largest absolute Gasteiger partial charge is 0.481 e. The van der Waals surface area contributed by atoms with Crippen LogP contribution in [-0.2, 0) is 29.6 Å². The van der Waals surface area contributed by atoms with Crippen LogP contribution in [0.1, 0.15) is 40.9 Å². The Morgan fingerprint density at radius 3 is 2.75 bits per heavy atom. The number of hydrogen-bond donors (Lipinski definition) is 1. The molecule has 1 aliphatic rings. The van der Waals surface area contributed by atoms with Gasteiger partial charge in [0, 0.05) is 50.2 Å². The molecule has 1 aliphatic heterocycles. The number of amides is 1. The number of benzene rings is 1. The van der Waals surface area contributed by atoms with Gasteiger partial charge in [0.1, 0.15) is 0 Å². The minimum Gasteiger partial charge on any atom is -0.481 e. The van der Waals surface area contributed by atoms with E-state index in [1.54, 1.807) is 17.3 Å². The Balaban J connectivity index is 1.43. The molecule has 1 saturated heterocycles. The molecule has 4 rings (SSSR count). The number of carboxylic acids is 1. The second kappa shape index (κ2) is 9.96. The van der Waals surface area contributed by atoms with Gasteiger partial charge in [-0.1, -0.05) is 30.3 Å². The molecule has 0 saturated carbocycles. The summed E-state index contributed by atoms with van der Waals surface area (Å²) in [5.74, 6) is -1.42. The van der Waals surface area contributed by atoms with E-state index in [1.807, 2.05) is 31.3 Å². The molecule has 1 amide bonds. The van der Waals surface area contributed by atoms with Crippen molar-refractivity contribution in [2.75, 3.05) is 19.7 Å². The fourth-order valence-corrected chi connectivity index (χ4v) is 4.44. The Morgan fingerprint density at radius 2 is 2.00 bits per heavy atom. The lowest BCUT2D eigenvalue weighted by Gasteiger charge is -2.17. The molecule has 3 aromatic rings. The van der Waals surface area contributed by atoms with Gasteiger partial charge in [-0.05, 0) is 37.3 Å². The molecule has 0 radical (unpaired) electrons. The molecule has 3 heterocycles. The smallest absolute Gasteiger partial charge is 0.308 e. The number of likely N-dealkylation sites (tertiary alicyclic amines) is 1. The molecule has 7 nitrogen and oxygen atoms in total. The van der Waals surface area contributed by atoms with Crippen LogP contribution in [0.4, 0.5) is 0 Å². The van der Waals surface area contributed by atoms with E-state index >= 15 is 0 Å². The first-order chi connectivity index (χ1) is 15.6. The third kappa shape index (κ3) is 4.67. The van der Waals surface area contributed by atoms with Crippen LogP contribution >= 0.6 is 0 Å². The molecule has 7 heteroatoms. The molecule has 1 N–H and O–H groups in total. The number of aryl methyl sites for hydroxylation is 1. The highest BCUT2D eigenvalue weighted by atomic mass is 16.5. The van der Waals surface area contributed by atoms with Gasteiger partial charge in [-0.15, -0.1) is 0 Å². The predicted octanol–water partition coefficient (Wildman–Crippen LogP) is 3.66. The van der Waals surface area contributed by atoms with Gasteiger partial charge in [-0.2, -0.15) is 0 Å². The van der Waals surface area contributed by atoms with Crippen molar-refractivity contribution in [2.24, 2.45) is 13.0 Å². The summed E-state index contributed by atoms with van der Waals surface area (Å²) in [5, 5.41) is 10.1. The maximum atomic E-state index is 13.4. The first kappa shape index (κ1) is 22.0. The number of carbonyl (C=O) groups is 2. The van der Waals surface area contributed by atoms with Gasteiger partial charge < -0.3 is 19.3 Å². The van der Waals surface area contributed by atoms with E-state index in [-0.39, 0.29) is 12.5 Å². The number of fused-ring (bicyclic) bond motifs is 1. The van der Waals surface area contributed by atoms with Crippen LogP contribution in [0.15, 0.2) is 48.8 Å². The second-order valence-electron chi connectivity index (χ2n) is 8.34. The number of aliphatic carboxylic acids is 1. The highest BCUT2D eigenvalue weighted by Gasteiger charge is 2.33. The summed E-state index contributed by atoms with van der Waals surface area (Å²) in [6.07, 6.45) is 6.50. The van der Waals surface area contributed by atoms with Gasteiger partial charge in [0.2, 0.25) is 0 Å². The highest BCUT2D eigenvalue weighted by Crippen LogP contribution is 2.29. The van der Waals surface area contributed by atoms with E-state index in [9.17, 15) is 14.7 Å². The standard InChI is InChI=1S/C25H29N3O4/c1-27-21-10-12-26-15-20(21)23(24(29)28-13-11-19(16-28)25(30)31)22(27)9-5-6-14-32-17-18-7-3-2-4-8-18/h2-4,7-8,10,12,15,19H,5-6,9,11,13-14,16-17H2,1H3,(H,30,31)/t19-/m0/s1. The lowest BCUT2D eigenvalue weighted by Crippen LogP contribution is -2.30. The molecular weight excluding hydrogens is 406 g/mol. The molecule has 2 aromatic heterocycles. The summed E-state index contributed by atoms with van der Waals surface area (Å²) in [5.41, 5.74) is 3.76. The molecule has 0 aliphatic carbocycles. The van der Waals surface area contributed by atoms with E-state index in [0.29, 0.717) is 31.7 Å². The molecular formula is C25H29N3O4. The Kier molecular flexibility index (Phi) is 6.85. The molecule has 0 spiro atoms. The Hall–Kier alpha value is -3.19. The second-order valence-corrected chi connectivity index (χ2v) is 8.34. The molecule has 0 unspecified atom stereocenters. The lowest BCUT2D eigenvalue weighted by molar-refractivity contribution is -0.141. The van der Waals surface area contributed by atoms with Gasteiger partial charge in [0.25, 0.3) is 5.91 Å². The Morgan fingerprint density at radius 1 is 1.19 bits per heavy atom. The van der Waals surface area contributed by atoms with E-state index < -0.39 is 11.9 Å². The monoisotopic (exact) mass is 435 g/mol. The summed E-state index contributed by atoms with van der Waals surface area (Å²) < 4.78 is 7.86. The fourth-order valence-electron chi connectivity index (χ4n) is 4.44. The Labute approximate surface area is 187 Å². The van der Waals surface area contributed by atoms with E-state index in [2.05, 4.69) is 21.7 Å². The van der Waals surface area contributed by atoms with Gasteiger partial charge in [-0.3, -0.25) is 14.6 Å². The zero-order chi connectivity index (χ0) is 22.5. The summed E-state index contributed by atoms with van der Waals surface area (Å²) >= 11 is 0. The minimum atomic E-state index is -0.837. The predicted molar refractivity (Wildman–Crippen MR) is 121 cm³/mol. The number of nitrogens with zero attached hydrogens (tertiary/aromatic N) is 3. The van der Waals surface area contributed by atoms with E-state index in [0.717, 1.165) is 41.4 Å². The van der Waals surface area contributed by atoms with Crippen molar-refractivity contribution in [3.05, 3.63) is 65.6 Å². The van der Waals surface area contributed by atoms with Crippen LogP contribution in [0.5, 0.6) is 0 Å². The number of carbonyl (C=O) groups excluding carboxylic acids is 1. The first-order valence-electron chi connectivity index (χ1n) is 11.1. The van der Waals surface area contributed by atoms with Crippen LogP contribution in [0.3, 0.4) is 0 Å². The summed E-state index contributed by atoms with van der Waals surface area (Å²) in [6.45, 7) is 2.00. The zero-order valence-electron chi connectivity index (χ0n) is 18.4. The van der Waals surface area contributed by atoms with Crippen LogP contribution in [0.25, 0.3) is 10.9 Å². The number of aromatic nitrogens is 2. The van der Waals surface area contributed by atoms with Gasteiger partial charge >= 0.3 is 5.97 Å². The van der Waals surface area contributed by atoms with Crippen LogP contribution in [0, 0.1) is 5.92 Å². The fraction of sp³-hybridized carbons (Fsp3) is 0.400. The van der Waals surface area contributed by atoms with Crippen LogP contribution < -0.4 is 0 Å². The van der Waals surface area contributed by atoms with E-state index in [1.165, 1.54) is 0 Å². The molecule has 168 valence electrons. The van der Waals surface area contributed by atoms with Crippen molar-refractivity contribution in [3.8, 4) is 0 Å². The first-order valence-corrected chi connectivity index (χ1v) is 11.1. The third-order valence-electron chi connectivity index (χ3n) is 6.22. The van der Waals surface area contributed by atoms with Gasteiger partial charge in [0.05, 0.1) is 23.6 Å². The minimum absolute atomic E-state index is 0.0947. The maximum Gasteiger partial charge on any atom is 0.308 e. The number of rotatable bonds is 9. The van der Waals surface area contributed by atoms with E-state index in [4.69, 9.17) is 4.74 Å². The highest BCUT2D eigenvalue weighted by molar-refractivity contribution is 6.08. The number of unbranched alkanes of at least 4 members (excludes halogenated alkanes) is 1. The van der Waals surface area contributed by atoms with Gasteiger partial charge in [-0.25, -0.2) is 0 Å². The SMILES string of the molecule is Cn1c(CCCCOCc2ccccc2)c(C(=O)N2CC[C@H](C(=O)O)C2)c2cnccc21. The lowest BCUT2D eigenvalue weighted by atomic mass is 10.1. The Bertz CT molecular complexity index is 1090.